The Bertz CT molecular complexity index is 2790. The number of hydrogen-bond acceptors (Lipinski definition) is 9. The van der Waals surface area contributed by atoms with E-state index in [9.17, 15) is 24.3 Å². The van der Waals surface area contributed by atoms with Crippen LogP contribution in [0.3, 0.4) is 0 Å². The molecule has 0 radical (unpaired) electrons. The lowest BCUT2D eigenvalue weighted by Gasteiger charge is -2.33. The molecule has 3 aliphatic rings. The van der Waals surface area contributed by atoms with Gasteiger partial charge in [-0.2, -0.15) is 0 Å². The number of rotatable bonds is 11. The topological polar surface area (TPSA) is 195 Å². The zero-order chi connectivity index (χ0) is 45.7. The van der Waals surface area contributed by atoms with Crippen molar-refractivity contribution in [3.63, 3.8) is 0 Å². The van der Waals surface area contributed by atoms with E-state index in [0.717, 1.165) is 60.4 Å². The van der Waals surface area contributed by atoms with Gasteiger partial charge in [0, 0.05) is 44.1 Å². The number of alkyl carbamates (subject to hydrolysis) is 1. The summed E-state index contributed by atoms with van der Waals surface area (Å²) >= 11 is 0. The molecule has 16 heteroatoms. The molecule has 65 heavy (non-hydrogen) atoms. The summed E-state index contributed by atoms with van der Waals surface area (Å²) in [7, 11) is 4.38. The Morgan fingerprint density at radius 3 is 2.43 bits per heavy atom. The van der Waals surface area contributed by atoms with Gasteiger partial charge in [0.25, 0.3) is 5.91 Å². The monoisotopic (exact) mass is 882 g/mol. The highest BCUT2D eigenvalue weighted by molar-refractivity contribution is 6.07. The molecule has 2 saturated heterocycles. The van der Waals surface area contributed by atoms with Gasteiger partial charge in [-0.15, -0.1) is 0 Å². The van der Waals surface area contributed by atoms with E-state index in [1.165, 1.54) is 14.2 Å². The van der Waals surface area contributed by atoms with Crippen LogP contribution in [-0.2, 0) is 25.7 Å². The maximum Gasteiger partial charge on any atom is 0.407 e. The molecular formula is C49H54N8O8. The molecule has 0 saturated carbocycles. The zero-order valence-corrected chi connectivity index (χ0v) is 37.3. The van der Waals surface area contributed by atoms with Crippen LogP contribution in [0.25, 0.3) is 44.2 Å². The number of nitrogens with one attached hydrogen (secondary N) is 3. The number of fused-ring (bicyclic) bond motifs is 6. The summed E-state index contributed by atoms with van der Waals surface area (Å²) in [4.78, 5) is 74.2. The van der Waals surface area contributed by atoms with Crippen LogP contribution in [0.1, 0.15) is 74.5 Å². The first kappa shape index (κ1) is 43.3. The molecule has 6 atom stereocenters. The fourth-order valence-electron chi connectivity index (χ4n) is 10.1. The molecule has 5 heterocycles. The van der Waals surface area contributed by atoms with Gasteiger partial charge in [-0.25, -0.2) is 19.6 Å². The second kappa shape index (κ2) is 17.6. The molecule has 2 aromatic heterocycles. The number of benzene rings is 4. The van der Waals surface area contributed by atoms with Gasteiger partial charge in [0.1, 0.15) is 36.1 Å². The zero-order valence-electron chi connectivity index (χ0n) is 37.3. The third-order valence-electron chi connectivity index (χ3n) is 13.2. The fourth-order valence-corrected chi connectivity index (χ4v) is 10.1. The van der Waals surface area contributed by atoms with Crippen molar-refractivity contribution in [3.8, 4) is 28.1 Å². The summed E-state index contributed by atoms with van der Waals surface area (Å²) in [6.45, 7) is 7.59. The minimum absolute atomic E-state index is 0.0546. The number of likely N-dealkylation sites (N-methyl/N-ethyl adjacent to an activating group) is 1. The van der Waals surface area contributed by atoms with Crippen LogP contribution < -0.4 is 10.1 Å². The van der Waals surface area contributed by atoms with E-state index in [-0.39, 0.29) is 35.6 Å². The molecule has 6 aromatic rings. The number of aromatic amines is 2. The van der Waals surface area contributed by atoms with Crippen LogP contribution in [0.15, 0.2) is 79.0 Å². The van der Waals surface area contributed by atoms with Crippen LogP contribution in [-0.4, -0.2) is 111 Å². The van der Waals surface area contributed by atoms with E-state index >= 15 is 0 Å². The molecule has 338 valence electrons. The van der Waals surface area contributed by atoms with Crippen LogP contribution in [0.4, 0.5) is 9.59 Å². The van der Waals surface area contributed by atoms with Crippen LogP contribution in [0.5, 0.6) is 5.75 Å². The van der Waals surface area contributed by atoms with Crippen molar-refractivity contribution in [3.05, 3.63) is 102 Å². The molecule has 16 nitrogen and oxygen atoms in total. The standard InChI is InChI=1S/C49H54N8O8/c1-26(2)43(55(4)49(61)62)47(59)56-22-27(3)16-38(56)44-50-21-37(52-44)31-12-14-33-32(18-31)25-65-40-20-34-30(19-35(33)40)13-15-36-42(34)53-45(51-36)39-17-28(24-63-5)23-57(39)46(58)41(54-48(60)64-6)29-10-8-7-9-11-29/h7-15,18-21,26-28,38-39,41,43H,16-17,22-25H2,1-6H3,(H,50,52)(H,51,53)(H,54,60)(H,61,62)/t27-,28-,38-,39-,41+,43-/m0/s1. The highest BCUT2D eigenvalue weighted by atomic mass is 16.5. The van der Waals surface area contributed by atoms with E-state index in [0.29, 0.717) is 56.4 Å². The number of ether oxygens (including phenoxy) is 3. The number of H-pyrrole nitrogens is 2. The van der Waals surface area contributed by atoms with Gasteiger partial charge in [0.2, 0.25) is 5.91 Å². The van der Waals surface area contributed by atoms with Gasteiger partial charge >= 0.3 is 12.2 Å². The predicted octanol–water partition coefficient (Wildman–Crippen LogP) is 7.84. The molecule has 0 unspecified atom stereocenters. The fraction of sp³-hybridized carbons (Fsp3) is 0.388. The summed E-state index contributed by atoms with van der Waals surface area (Å²) in [5.74, 6) is 1.67. The summed E-state index contributed by atoms with van der Waals surface area (Å²) < 4.78 is 16.9. The number of nitrogens with zero attached hydrogens (tertiary/aromatic N) is 5. The Balaban J connectivity index is 0.986. The number of likely N-dealkylation sites (tertiary alicyclic amines) is 2. The summed E-state index contributed by atoms with van der Waals surface area (Å²) in [6, 6.07) is 21.2. The number of hydrogen-bond donors (Lipinski definition) is 4. The molecular weight excluding hydrogens is 829 g/mol. The maximum atomic E-state index is 14.4. The van der Waals surface area contributed by atoms with Gasteiger partial charge in [-0.3, -0.25) is 14.5 Å². The normalized spacial score (nSPS) is 20.0. The second-order valence-corrected chi connectivity index (χ2v) is 18.0. The van der Waals surface area contributed by atoms with Crippen LogP contribution >= 0.6 is 0 Å². The van der Waals surface area contributed by atoms with Crippen LogP contribution in [0.2, 0.25) is 0 Å². The smallest absolute Gasteiger partial charge is 0.407 e. The lowest BCUT2D eigenvalue weighted by molar-refractivity contribution is -0.138. The second-order valence-electron chi connectivity index (χ2n) is 18.0. The minimum Gasteiger partial charge on any atom is -0.488 e. The number of carbonyl (C=O) groups is 4. The first-order chi connectivity index (χ1) is 31.3. The predicted molar refractivity (Wildman–Crippen MR) is 243 cm³/mol. The SMILES string of the molecule is COC[C@H]1C[C@@H](c2nc3ccc4cc5c(cc4c3[nH]2)OCc2cc(-c3cnc([C@@H]4C[C@H](C)CN4C(=O)[C@H](C(C)C)N(C)C(=O)O)[nH]3)ccc2-5)N(C(=O)[C@H](NC(=O)OC)c2ccccc2)C1. The Morgan fingerprint density at radius 2 is 1.69 bits per heavy atom. The van der Waals surface area contributed by atoms with Crippen molar-refractivity contribution < 1.29 is 38.5 Å². The van der Waals surface area contributed by atoms with Crippen molar-refractivity contribution in [2.75, 3.05) is 41.0 Å². The maximum absolute atomic E-state index is 14.4. The number of methoxy groups -OCH3 is 2. The number of aromatic nitrogens is 4. The van der Waals surface area contributed by atoms with E-state index in [4.69, 9.17) is 24.2 Å². The lowest BCUT2D eigenvalue weighted by Crippen LogP contribution is -2.51. The van der Waals surface area contributed by atoms with Crippen molar-refractivity contribution in [1.29, 1.82) is 0 Å². The average molecular weight is 883 g/mol. The number of imidazole rings is 2. The Labute approximate surface area is 376 Å². The number of carboxylic acid groups (broad SMARTS) is 1. The van der Waals surface area contributed by atoms with Gasteiger partial charge in [-0.05, 0) is 76.6 Å². The Hall–Kier alpha value is -6.94. The summed E-state index contributed by atoms with van der Waals surface area (Å²) in [6.07, 6.45) is 1.30. The molecule has 0 bridgehead atoms. The lowest BCUT2D eigenvalue weighted by atomic mass is 9.92. The number of amides is 4. The van der Waals surface area contributed by atoms with E-state index in [2.05, 4.69) is 58.6 Å². The van der Waals surface area contributed by atoms with Gasteiger partial charge in [0.05, 0.1) is 48.7 Å². The molecule has 4 amide bonds. The highest BCUT2D eigenvalue weighted by Crippen LogP contribution is 2.44. The Morgan fingerprint density at radius 1 is 0.923 bits per heavy atom. The van der Waals surface area contributed by atoms with Crippen molar-refractivity contribution in [2.45, 2.75) is 64.4 Å². The molecule has 4 aromatic carbocycles. The number of carbonyl (C=O) groups excluding carboxylic acids is 3. The average Bonchev–Trinajstić information content (AvgIpc) is 4.13. The van der Waals surface area contributed by atoms with E-state index < -0.39 is 30.3 Å². The Kier molecular flexibility index (Phi) is 11.7. The van der Waals surface area contributed by atoms with Gasteiger partial charge in [-0.1, -0.05) is 69.3 Å². The molecule has 3 aliphatic heterocycles. The van der Waals surface area contributed by atoms with Crippen molar-refractivity contribution in [2.24, 2.45) is 17.8 Å². The van der Waals surface area contributed by atoms with Crippen LogP contribution in [0, 0.1) is 17.8 Å². The minimum atomic E-state index is -1.14. The molecule has 2 fully saturated rings. The summed E-state index contributed by atoms with van der Waals surface area (Å²) in [5.41, 5.74) is 7.02. The molecule has 9 rings (SSSR count). The highest BCUT2D eigenvalue weighted by Gasteiger charge is 2.43. The third kappa shape index (κ3) is 8.11. The van der Waals surface area contributed by atoms with Crippen molar-refractivity contribution in [1.82, 2.24) is 40.0 Å². The molecule has 0 spiro atoms. The largest absolute Gasteiger partial charge is 0.488 e. The summed E-state index contributed by atoms with van der Waals surface area (Å²) in [5, 5.41) is 14.4. The van der Waals surface area contributed by atoms with E-state index in [1.807, 2.05) is 50.2 Å². The van der Waals surface area contributed by atoms with Gasteiger partial charge in [0.15, 0.2) is 0 Å². The first-order valence-corrected chi connectivity index (χ1v) is 22.1. The third-order valence-corrected chi connectivity index (χ3v) is 13.2. The molecule has 4 N–H and O–H groups in total. The first-order valence-electron chi connectivity index (χ1n) is 22.1. The quantitative estimate of drug-likeness (QED) is 0.0996. The van der Waals surface area contributed by atoms with E-state index in [1.54, 1.807) is 23.1 Å². The van der Waals surface area contributed by atoms with Gasteiger partial charge < -0.3 is 44.4 Å². The van der Waals surface area contributed by atoms with Crippen molar-refractivity contribution >= 4 is 45.8 Å². The molecule has 0 aliphatic carbocycles.